The molecule has 0 bridgehead atoms. The first-order valence-electron chi connectivity index (χ1n) is 4.53. The number of aryl methyl sites for hydroxylation is 2. The monoisotopic (exact) mass is 177 g/mol. The third kappa shape index (κ3) is 2.82. The van der Waals surface area contributed by atoms with E-state index in [1.165, 1.54) is 23.6 Å². The molecule has 0 N–H and O–H groups in total. The van der Waals surface area contributed by atoms with Gasteiger partial charge in [-0.15, -0.1) is 0 Å². The average Bonchev–Trinajstić information content (AvgIpc) is 2.03. The van der Waals surface area contributed by atoms with Crippen molar-refractivity contribution in [1.82, 2.24) is 0 Å². The van der Waals surface area contributed by atoms with Crippen molar-refractivity contribution >= 4 is 8.80 Å². The second-order valence-corrected chi connectivity index (χ2v) is 6.55. The summed E-state index contributed by atoms with van der Waals surface area (Å²) in [7, 11) is -0.0487. The lowest BCUT2D eigenvalue weighted by Gasteiger charge is -2.05. The van der Waals surface area contributed by atoms with Gasteiger partial charge in [-0.1, -0.05) is 43.4 Å². The maximum Gasteiger partial charge on any atom is 0.0416 e. The second-order valence-electron chi connectivity index (χ2n) is 3.63. The van der Waals surface area contributed by atoms with Crippen LogP contribution < -0.4 is 0 Å². The molecular weight excluding hydrogens is 160 g/mol. The summed E-state index contributed by atoms with van der Waals surface area (Å²) in [6, 6.07) is 10.1. The molecule has 1 aromatic rings. The van der Waals surface area contributed by atoms with Crippen molar-refractivity contribution in [2.75, 3.05) is 0 Å². The first-order valence-corrected chi connectivity index (χ1v) is 7.24. The fourth-order valence-corrected chi connectivity index (χ4v) is 2.04. The molecule has 1 aromatic carbocycles. The minimum absolute atomic E-state index is 0.0487. The van der Waals surface area contributed by atoms with Gasteiger partial charge in [-0.25, -0.2) is 0 Å². The summed E-state index contributed by atoms with van der Waals surface area (Å²) in [5.41, 5.74) is 2.98. The van der Waals surface area contributed by atoms with E-state index in [0.717, 1.165) is 0 Å². The predicted molar refractivity (Wildman–Crippen MR) is 57.2 cm³/mol. The zero-order chi connectivity index (χ0) is 8.97. The van der Waals surface area contributed by atoms with E-state index in [1.807, 2.05) is 0 Å². The Bertz CT molecular complexity index is 241. The lowest BCUT2D eigenvalue weighted by atomic mass is 10.1. The molecule has 0 aromatic heterocycles. The van der Waals surface area contributed by atoms with Gasteiger partial charge in [0.25, 0.3) is 0 Å². The maximum absolute atomic E-state index is 2.38. The molecule has 0 spiro atoms. The van der Waals surface area contributed by atoms with Crippen molar-refractivity contribution < 1.29 is 0 Å². The summed E-state index contributed by atoms with van der Waals surface area (Å²) in [4.78, 5) is 0. The van der Waals surface area contributed by atoms with E-state index < -0.39 is 0 Å². The van der Waals surface area contributed by atoms with E-state index in [9.17, 15) is 0 Å². The standard InChI is InChI=1S/C11H17Si/c1-10-6-4-5-7-11(10)8-9-12(2)3/h4-7H,8-9H2,1-3H3. The highest BCUT2D eigenvalue weighted by molar-refractivity contribution is 6.55. The van der Waals surface area contributed by atoms with Crippen molar-refractivity contribution in [2.24, 2.45) is 0 Å². The number of rotatable bonds is 3. The van der Waals surface area contributed by atoms with Crippen LogP contribution in [-0.4, -0.2) is 8.80 Å². The van der Waals surface area contributed by atoms with E-state index in [0.29, 0.717) is 0 Å². The molecule has 0 unspecified atom stereocenters. The topological polar surface area (TPSA) is 0 Å². The molecule has 0 saturated carbocycles. The van der Waals surface area contributed by atoms with Gasteiger partial charge in [0.15, 0.2) is 0 Å². The van der Waals surface area contributed by atoms with Gasteiger partial charge in [0.05, 0.1) is 0 Å². The van der Waals surface area contributed by atoms with Gasteiger partial charge in [-0.05, 0) is 24.5 Å². The van der Waals surface area contributed by atoms with Crippen LogP contribution in [-0.2, 0) is 6.42 Å². The minimum Gasteiger partial charge on any atom is -0.0713 e. The number of benzene rings is 1. The van der Waals surface area contributed by atoms with Crippen LogP contribution in [0.4, 0.5) is 0 Å². The smallest absolute Gasteiger partial charge is 0.0416 e. The van der Waals surface area contributed by atoms with Crippen LogP contribution in [0, 0.1) is 6.92 Å². The third-order valence-corrected chi connectivity index (χ3v) is 3.41. The summed E-state index contributed by atoms with van der Waals surface area (Å²) in [6.45, 7) is 6.96. The lowest BCUT2D eigenvalue weighted by molar-refractivity contribution is 1.09. The van der Waals surface area contributed by atoms with Crippen molar-refractivity contribution in [3.63, 3.8) is 0 Å². The number of hydrogen-bond acceptors (Lipinski definition) is 0. The highest BCUT2D eigenvalue weighted by Gasteiger charge is 1.99. The van der Waals surface area contributed by atoms with Crippen LogP contribution in [0.5, 0.6) is 0 Å². The first-order chi connectivity index (χ1) is 5.70. The molecule has 12 heavy (non-hydrogen) atoms. The maximum atomic E-state index is 2.38. The molecule has 0 atom stereocenters. The Morgan fingerprint density at radius 1 is 1.17 bits per heavy atom. The summed E-state index contributed by atoms with van der Waals surface area (Å²) in [5.74, 6) is 0. The average molecular weight is 177 g/mol. The predicted octanol–water partition coefficient (Wildman–Crippen LogP) is 3.29. The molecule has 0 aliphatic heterocycles. The summed E-state index contributed by atoms with van der Waals surface area (Å²) in [5, 5.41) is 0. The Kier molecular flexibility index (Phi) is 3.54. The van der Waals surface area contributed by atoms with Gasteiger partial charge < -0.3 is 0 Å². The lowest BCUT2D eigenvalue weighted by Crippen LogP contribution is -2.01. The highest BCUT2D eigenvalue weighted by Crippen LogP contribution is 2.10. The molecular formula is C11H17Si. The van der Waals surface area contributed by atoms with Gasteiger partial charge in [0.2, 0.25) is 0 Å². The summed E-state index contributed by atoms with van der Waals surface area (Å²) < 4.78 is 0. The third-order valence-electron chi connectivity index (χ3n) is 2.16. The molecule has 65 valence electrons. The van der Waals surface area contributed by atoms with Crippen molar-refractivity contribution in [3.05, 3.63) is 35.4 Å². The van der Waals surface area contributed by atoms with Gasteiger partial charge in [-0.3, -0.25) is 0 Å². The van der Waals surface area contributed by atoms with Gasteiger partial charge in [0.1, 0.15) is 0 Å². The van der Waals surface area contributed by atoms with Crippen LogP contribution in [0.3, 0.4) is 0 Å². The number of hydrogen-bond donors (Lipinski definition) is 0. The Morgan fingerprint density at radius 2 is 1.83 bits per heavy atom. The van der Waals surface area contributed by atoms with E-state index >= 15 is 0 Å². The SMILES string of the molecule is Cc1ccccc1CC[Si](C)C. The van der Waals surface area contributed by atoms with Crippen molar-refractivity contribution in [3.8, 4) is 0 Å². The van der Waals surface area contributed by atoms with E-state index in [2.05, 4.69) is 44.3 Å². The van der Waals surface area contributed by atoms with E-state index in [4.69, 9.17) is 0 Å². The van der Waals surface area contributed by atoms with E-state index in [1.54, 1.807) is 0 Å². The molecule has 0 amide bonds. The quantitative estimate of drug-likeness (QED) is 0.622. The molecule has 0 nitrogen and oxygen atoms in total. The second kappa shape index (κ2) is 4.46. The van der Waals surface area contributed by atoms with Crippen LogP contribution >= 0.6 is 0 Å². The molecule has 1 heteroatoms. The molecule has 0 heterocycles. The van der Waals surface area contributed by atoms with Crippen LogP contribution in [0.25, 0.3) is 0 Å². The van der Waals surface area contributed by atoms with Gasteiger partial charge in [0, 0.05) is 8.80 Å². The highest BCUT2D eigenvalue weighted by atomic mass is 28.3. The largest absolute Gasteiger partial charge is 0.0713 e. The van der Waals surface area contributed by atoms with Gasteiger partial charge >= 0.3 is 0 Å². The summed E-state index contributed by atoms with van der Waals surface area (Å²) in [6.07, 6.45) is 1.27. The van der Waals surface area contributed by atoms with Crippen LogP contribution in [0.2, 0.25) is 19.1 Å². The van der Waals surface area contributed by atoms with Crippen LogP contribution in [0.1, 0.15) is 11.1 Å². The molecule has 1 radical (unpaired) electrons. The van der Waals surface area contributed by atoms with Crippen molar-refractivity contribution in [2.45, 2.75) is 32.5 Å². The van der Waals surface area contributed by atoms with Crippen LogP contribution in [0.15, 0.2) is 24.3 Å². The molecule has 1 rings (SSSR count). The Hall–Kier alpha value is -0.563. The minimum atomic E-state index is -0.0487. The zero-order valence-corrected chi connectivity index (χ0v) is 9.22. The fraction of sp³-hybridized carbons (Fsp3) is 0.455. The zero-order valence-electron chi connectivity index (χ0n) is 8.22. The Labute approximate surface area is 77.2 Å². The molecule has 0 aliphatic rings. The molecule has 0 saturated heterocycles. The summed E-state index contributed by atoms with van der Waals surface area (Å²) >= 11 is 0. The van der Waals surface area contributed by atoms with Gasteiger partial charge in [-0.2, -0.15) is 0 Å². The fourth-order valence-electron chi connectivity index (χ4n) is 1.28. The molecule has 0 fully saturated rings. The molecule has 0 aliphatic carbocycles. The normalized spacial score (nSPS) is 10.7. The van der Waals surface area contributed by atoms with Crippen molar-refractivity contribution in [1.29, 1.82) is 0 Å². The van der Waals surface area contributed by atoms with E-state index in [-0.39, 0.29) is 8.80 Å². The first kappa shape index (κ1) is 9.52. The Balaban J connectivity index is 2.57. The Morgan fingerprint density at radius 3 is 2.42 bits per heavy atom.